The molecule has 0 saturated carbocycles. The highest BCUT2D eigenvalue weighted by Gasteiger charge is 2.22. The van der Waals surface area contributed by atoms with E-state index in [9.17, 15) is 18.0 Å². The standard InChI is InChI=1S/C23H14Cl2F3N7O/c24-14-4-1-13(17(25)7-14)10-34-11-29-23(33-34)32-22(36)16-9-30-35-19(20(27)28)8-18(31-21(16)35)12-2-5-15(26)6-3-12/h1-9,11,20H,10H2,(H,32,33,36). The molecule has 0 fully saturated rings. The van der Waals surface area contributed by atoms with Crippen LogP contribution in [0.3, 0.4) is 0 Å². The molecule has 2 aromatic carbocycles. The van der Waals surface area contributed by atoms with Crippen molar-refractivity contribution >= 4 is 40.7 Å². The van der Waals surface area contributed by atoms with Crippen LogP contribution in [0.5, 0.6) is 0 Å². The first-order valence-corrected chi connectivity index (χ1v) is 11.1. The van der Waals surface area contributed by atoms with Gasteiger partial charge in [0.1, 0.15) is 23.4 Å². The summed E-state index contributed by atoms with van der Waals surface area (Å²) < 4.78 is 43.2. The number of halogens is 5. The van der Waals surface area contributed by atoms with Gasteiger partial charge in [-0.2, -0.15) is 5.10 Å². The number of aromatic nitrogens is 6. The normalized spacial score (nSPS) is 11.4. The first kappa shape index (κ1) is 23.8. The second-order valence-corrected chi connectivity index (χ2v) is 8.47. The third-order valence-electron chi connectivity index (χ3n) is 5.22. The van der Waals surface area contributed by atoms with Gasteiger partial charge >= 0.3 is 0 Å². The van der Waals surface area contributed by atoms with Gasteiger partial charge in [-0.15, -0.1) is 5.10 Å². The van der Waals surface area contributed by atoms with Gasteiger partial charge in [-0.3, -0.25) is 10.1 Å². The van der Waals surface area contributed by atoms with Crippen molar-refractivity contribution in [2.24, 2.45) is 0 Å². The van der Waals surface area contributed by atoms with Gasteiger partial charge < -0.3 is 0 Å². The highest BCUT2D eigenvalue weighted by Crippen LogP contribution is 2.27. The van der Waals surface area contributed by atoms with Crippen LogP contribution in [0.2, 0.25) is 10.0 Å². The number of nitrogens with one attached hydrogen (secondary N) is 1. The fourth-order valence-electron chi connectivity index (χ4n) is 3.49. The lowest BCUT2D eigenvalue weighted by Gasteiger charge is -2.08. The minimum absolute atomic E-state index is 0.0202. The number of fused-ring (bicyclic) bond motifs is 1. The molecule has 3 heterocycles. The molecule has 1 N–H and O–H groups in total. The average Bonchev–Trinajstić information content (AvgIpc) is 3.47. The van der Waals surface area contributed by atoms with Gasteiger partial charge in [0.2, 0.25) is 5.95 Å². The Bertz CT molecular complexity index is 1580. The van der Waals surface area contributed by atoms with E-state index >= 15 is 0 Å². The van der Waals surface area contributed by atoms with Gasteiger partial charge in [-0.05, 0) is 48.0 Å². The van der Waals surface area contributed by atoms with E-state index in [1.165, 1.54) is 35.3 Å². The van der Waals surface area contributed by atoms with Gasteiger partial charge in [0.25, 0.3) is 12.3 Å². The number of anilines is 1. The van der Waals surface area contributed by atoms with Crippen molar-refractivity contribution in [2.75, 3.05) is 5.32 Å². The summed E-state index contributed by atoms with van der Waals surface area (Å²) in [6.07, 6.45) is -0.374. The number of alkyl halides is 2. The van der Waals surface area contributed by atoms with Crippen molar-refractivity contribution in [2.45, 2.75) is 13.0 Å². The van der Waals surface area contributed by atoms with Gasteiger partial charge in [-0.1, -0.05) is 29.3 Å². The van der Waals surface area contributed by atoms with E-state index in [1.807, 2.05) is 0 Å². The third kappa shape index (κ3) is 4.75. The van der Waals surface area contributed by atoms with Crippen LogP contribution in [0.1, 0.15) is 28.0 Å². The van der Waals surface area contributed by atoms with E-state index in [0.29, 0.717) is 15.6 Å². The van der Waals surface area contributed by atoms with Crippen molar-refractivity contribution in [3.05, 3.63) is 93.7 Å². The Morgan fingerprint density at radius 1 is 1.08 bits per heavy atom. The van der Waals surface area contributed by atoms with Crippen LogP contribution in [0.15, 0.2) is 61.1 Å². The molecule has 3 aromatic heterocycles. The average molecular weight is 532 g/mol. The molecule has 0 spiro atoms. The molecule has 8 nitrogen and oxygen atoms in total. The first-order chi connectivity index (χ1) is 17.3. The molecular formula is C23H14Cl2F3N7O. The minimum Gasteiger partial charge on any atom is -0.289 e. The van der Waals surface area contributed by atoms with Gasteiger partial charge in [0.15, 0.2) is 5.65 Å². The highest BCUT2D eigenvalue weighted by molar-refractivity contribution is 6.35. The summed E-state index contributed by atoms with van der Waals surface area (Å²) in [6.45, 7) is 0.274. The maximum absolute atomic E-state index is 13.8. The molecule has 36 heavy (non-hydrogen) atoms. The lowest BCUT2D eigenvalue weighted by Crippen LogP contribution is -2.14. The van der Waals surface area contributed by atoms with E-state index in [2.05, 4.69) is 25.5 Å². The quantitative estimate of drug-likeness (QED) is 0.304. The van der Waals surface area contributed by atoms with E-state index in [1.54, 1.807) is 18.2 Å². The summed E-state index contributed by atoms with van der Waals surface area (Å²) in [5.74, 6) is -1.20. The topological polar surface area (TPSA) is 90.0 Å². The molecule has 5 rings (SSSR count). The Morgan fingerprint density at radius 2 is 1.86 bits per heavy atom. The van der Waals surface area contributed by atoms with Crippen molar-refractivity contribution < 1.29 is 18.0 Å². The van der Waals surface area contributed by atoms with Gasteiger partial charge in [0.05, 0.1) is 18.4 Å². The second kappa shape index (κ2) is 9.59. The van der Waals surface area contributed by atoms with Crippen molar-refractivity contribution in [1.29, 1.82) is 0 Å². The highest BCUT2D eigenvalue weighted by atomic mass is 35.5. The summed E-state index contributed by atoms with van der Waals surface area (Å²) in [6, 6.07) is 11.4. The molecule has 13 heteroatoms. The monoisotopic (exact) mass is 531 g/mol. The predicted molar refractivity (Wildman–Crippen MR) is 127 cm³/mol. The minimum atomic E-state index is -2.90. The fourth-order valence-corrected chi connectivity index (χ4v) is 3.96. The van der Waals surface area contributed by atoms with Crippen LogP contribution >= 0.6 is 23.2 Å². The number of carbonyl (C=O) groups excluding carboxylic acids is 1. The summed E-state index contributed by atoms with van der Waals surface area (Å²) in [5.41, 5.74) is 0.628. The van der Waals surface area contributed by atoms with E-state index in [0.717, 1.165) is 22.3 Å². The lowest BCUT2D eigenvalue weighted by atomic mass is 10.1. The smallest absolute Gasteiger partial charge is 0.280 e. The number of benzene rings is 2. The summed E-state index contributed by atoms with van der Waals surface area (Å²) >= 11 is 12.1. The summed E-state index contributed by atoms with van der Waals surface area (Å²) in [4.78, 5) is 21.3. The molecule has 0 unspecified atom stereocenters. The molecule has 5 aromatic rings. The largest absolute Gasteiger partial charge is 0.289 e. The van der Waals surface area contributed by atoms with Crippen LogP contribution in [0.4, 0.5) is 19.1 Å². The number of rotatable bonds is 6. The summed E-state index contributed by atoms with van der Waals surface area (Å²) in [7, 11) is 0. The molecule has 0 atom stereocenters. The number of amides is 1. The SMILES string of the molecule is O=C(Nc1ncn(Cc2ccc(Cl)cc2Cl)n1)c1cnn2c(C(F)F)cc(-c3ccc(F)cc3)nc12. The third-order valence-corrected chi connectivity index (χ3v) is 5.80. The fraction of sp³-hybridized carbons (Fsp3) is 0.0870. The number of hydrogen-bond acceptors (Lipinski definition) is 5. The van der Waals surface area contributed by atoms with Crippen molar-refractivity contribution in [3.63, 3.8) is 0 Å². The van der Waals surface area contributed by atoms with E-state index < -0.39 is 23.8 Å². The zero-order valence-electron chi connectivity index (χ0n) is 18.0. The maximum atomic E-state index is 13.8. The first-order valence-electron chi connectivity index (χ1n) is 10.4. The number of carbonyl (C=O) groups is 1. The molecule has 0 saturated heterocycles. The van der Waals surface area contributed by atoms with Crippen molar-refractivity contribution in [3.8, 4) is 11.3 Å². The zero-order chi connectivity index (χ0) is 25.4. The molecule has 1 amide bonds. The molecule has 182 valence electrons. The molecule has 0 aliphatic rings. The summed E-state index contributed by atoms with van der Waals surface area (Å²) in [5, 5.41) is 11.6. The Morgan fingerprint density at radius 3 is 2.58 bits per heavy atom. The Labute approximate surface area is 211 Å². The lowest BCUT2D eigenvalue weighted by molar-refractivity contribution is 0.102. The number of hydrogen-bond donors (Lipinski definition) is 1. The van der Waals surface area contributed by atoms with Crippen LogP contribution in [-0.4, -0.2) is 35.3 Å². The van der Waals surface area contributed by atoms with Crippen LogP contribution in [0.25, 0.3) is 16.9 Å². The van der Waals surface area contributed by atoms with Gasteiger partial charge in [0, 0.05) is 15.6 Å². The molecular weight excluding hydrogens is 518 g/mol. The Balaban J connectivity index is 1.43. The predicted octanol–water partition coefficient (Wildman–Crippen LogP) is 5.67. The number of nitrogens with zero attached hydrogens (tertiary/aromatic N) is 6. The molecule has 0 bridgehead atoms. The van der Waals surface area contributed by atoms with Crippen LogP contribution < -0.4 is 5.32 Å². The maximum Gasteiger partial charge on any atom is 0.280 e. The molecule has 0 aliphatic heterocycles. The zero-order valence-corrected chi connectivity index (χ0v) is 19.6. The second-order valence-electron chi connectivity index (χ2n) is 7.62. The van der Waals surface area contributed by atoms with E-state index in [-0.39, 0.29) is 29.4 Å². The Kier molecular flexibility index (Phi) is 6.33. The van der Waals surface area contributed by atoms with Gasteiger partial charge in [-0.25, -0.2) is 32.3 Å². The molecule has 0 aliphatic carbocycles. The van der Waals surface area contributed by atoms with Crippen molar-refractivity contribution in [1.82, 2.24) is 29.4 Å². The Hall–Kier alpha value is -3.96. The van der Waals surface area contributed by atoms with Crippen LogP contribution in [-0.2, 0) is 6.54 Å². The molecule has 0 radical (unpaired) electrons. The van der Waals surface area contributed by atoms with E-state index in [4.69, 9.17) is 23.2 Å². The van der Waals surface area contributed by atoms with Crippen LogP contribution in [0, 0.1) is 5.82 Å².